The fraction of sp³-hybridized carbons (Fsp3) is 0.938. The number of rotatable bonds is 5. The predicted octanol–water partition coefficient (Wildman–Crippen LogP) is 2.89. The molecule has 1 unspecified atom stereocenters. The molecule has 2 rings (SSSR count). The van der Waals surface area contributed by atoms with E-state index in [0.717, 1.165) is 19.0 Å². The maximum absolute atomic E-state index is 5.96. The minimum absolute atomic E-state index is 0.565. The standard InChI is InChI=1S/C16H31N3S/c1-18-12-14(11-13-7-3-2-4-8-13)15-9-5-6-10-19(15)16(17)20/h13-15,18H,2-12H2,1H3,(H2,17,20)/t14-,15?/m0/s1. The van der Waals surface area contributed by atoms with E-state index in [1.54, 1.807) is 0 Å². The summed E-state index contributed by atoms with van der Waals surface area (Å²) >= 11 is 5.28. The molecule has 20 heavy (non-hydrogen) atoms. The van der Waals surface area contributed by atoms with Crippen LogP contribution in [0.3, 0.4) is 0 Å². The van der Waals surface area contributed by atoms with Crippen molar-refractivity contribution in [1.29, 1.82) is 0 Å². The van der Waals surface area contributed by atoms with Gasteiger partial charge in [0.25, 0.3) is 0 Å². The van der Waals surface area contributed by atoms with Gasteiger partial charge in [0.1, 0.15) is 0 Å². The van der Waals surface area contributed by atoms with Gasteiger partial charge in [-0.2, -0.15) is 0 Å². The first-order valence-electron chi connectivity index (χ1n) is 8.43. The van der Waals surface area contributed by atoms with E-state index < -0.39 is 0 Å². The summed E-state index contributed by atoms with van der Waals surface area (Å²) in [6, 6.07) is 0.565. The van der Waals surface area contributed by atoms with Gasteiger partial charge in [0, 0.05) is 12.6 Å². The molecular formula is C16H31N3S. The van der Waals surface area contributed by atoms with Crippen molar-refractivity contribution in [3.05, 3.63) is 0 Å². The molecule has 2 aliphatic rings. The van der Waals surface area contributed by atoms with Crippen molar-refractivity contribution in [3.63, 3.8) is 0 Å². The number of thiocarbonyl (C=S) groups is 1. The molecule has 0 amide bonds. The third-order valence-corrected chi connectivity index (χ3v) is 5.44. The Morgan fingerprint density at radius 1 is 1.20 bits per heavy atom. The number of hydrogen-bond acceptors (Lipinski definition) is 2. The van der Waals surface area contributed by atoms with Gasteiger partial charge >= 0.3 is 0 Å². The molecule has 2 fully saturated rings. The second kappa shape index (κ2) is 8.18. The highest BCUT2D eigenvalue weighted by Crippen LogP contribution is 2.33. The normalized spacial score (nSPS) is 26.4. The minimum Gasteiger partial charge on any atom is -0.376 e. The van der Waals surface area contributed by atoms with Crippen LogP contribution < -0.4 is 11.1 Å². The fourth-order valence-corrected chi connectivity index (χ4v) is 4.44. The average molecular weight is 298 g/mol. The van der Waals surface area contributed by atoms with Crippen LogP contribution in [0, 0.1) is 11.8 Å². The molecule has 0 aromatic carbocycles. The molecule has 3 N–H and O–H groups in total. The van der Waals surface area contributed by atoms with Gasteiger partial charge in [-0.05, 0) is 63.3 Å². The Hall–Kier alpha value is -0.350. The Labute approximate surface area is 129 Å². The van der Waals surface area contributed by atoms with E-state index >= 15 is 0 Å². The lowest BCUT2D eigenvalue weighted by atomic mass is 9.78. The van der Waals surface area contributed by atoms with Gasteiger partial charge in [0.05, 0.1) is 0 Å². The number of nitrogens with zero attached hydrogens (tertiary/aromatic N) is 1. The van der Waals surface area contributed by atoms with Crippen LogP contribution >= 0.6 is 12.2 Å². The van der Waals surface area contributed by atoms with Crippen molar-refractivity contribution in [2.24, 2.45) is 17.6 Å². The van der Waals surface area contributed by atoms with E-state index in [-0.39, 0.29) is 0 Å². The van der Waals surface area contributed by atoms with Crippen LogP contribution in [0.15, 0.2) is 0 Å². The molecule has 2 atom stereocenters. The molecular weight excluding hydrogens is 266 g/mol. The SMILES string of the molecule is CNC[C@H](CC1CCCCC1)C1CCCCN1C(N)=S. The van der Waals surface area contributed by atoms with Gasteiger partial charge in [-0.3, -0.25) is 0 Å². The van der Waals surface area contributed by atoms with Crippen LogP contribution in [0.2, 0.25) is 0 Å². The molecule has 1 saturated carbocycles. The lowest BCUT2D eigenvalue weighted by Gasteiger charge is -2.42. The molecule has 1 aliphatic carbocycles. The number of nitrogens with one attached hydrogen (secondary N) is 1. The highest BCUT2D eigenvalue weighted by Gasteiger charge is 2.32. The molecule has 116 valence electrons. The molecule has 3 nitrogen and oxygen atoms in total. The average Bonchev–Trinajstić information content (AvgIpc) is 2.48. The lowest BCUT2D eigenvalue weighted by molar-refractivity contribution is 0.143. The van der Waals surface area contributed by atoms with Crippen molar-refractivity contribution >= 4 is 17.3 Å². The summed E-state index contributed by atoms with van der Waals surface area (Å²) in [4.78, 5) is 2.31. The van der Waals surface area contributed by atoms with E-state index in [9.17, 15) is 0 Å². The summed E-state index contributed by atoms with van der Waals surface area (Å²) in [5.41, 5.74) is 5.96. The number of piperidine rings is 1. The second-order valence-electron chi connectivity index (χ2n) is 6.65. The van der Waals surface area contributed by atoms with Crippen molar-refractivity contribution < 1.29 is 0 Å². The van der Waals surface area contributed by atoms with E-state index in [1.165, 1.54) is 57.8 Å². The summed E-state index contributed by atoms with van der Waals surface area (Å²) < 4.78 is 0. The largest absolute Gasteiger partial charge is 0.376 e. The maximum atomic E-state index is 5.96. The van der Waals surface area contributed by atoms with Crippen LogP contribution in [0.1, 0.15) is 57.8 Å². The summed E-state index contributed by atoms with van der Waals surface area (Å²) in [5, 5.41) is 4.01. The van der Waals surface area contributed by atoms with Crippen LogP contribution in [0.25, 0.3) is 0 Å². The van der Waals surface area contributed by atoms with Crippen LogP contribution in [-0.2, 0) is 0 Å². The molecule has 0 spiro atoms. The Balaban J connectivity index is 1.99. The Morgan fingerprint density at radius 3 is 2.55 bits per heavy atom. The molecule has 1 aliphatic heterocycles. The lowest BCUT2D eigenvalue weighted by Crippen LogP contribution is -2.51. The number of nitrogens with two attached hydrogens (primary N) is 1. The van der Waals surface area contributed by atoms with Gasteiger partial charge < -0.3 is 16.0 Å². The smallest absolute Gasteiger partial charge is 0.166 e. The van der Waals surface area contributed by atoms with Crippen LogP contribution in [0.4, 0.5) is 0 Å². The van der Waals surface area contributed by atoms with Gasteiger partial charge in [-0.15, -0.1) is 0 Å². The van der Waals surface area contributed by atoms with Gasteiger partial charge in [0.15, 0.2) is 5.11 Å². The van der Waals surface area contributed by atoms with E-state index in [1.807, 2.05) is 0 Å². The molecule has 0 bridgehead atoms. The Bertz CT molecular complexity index is 302. The van der Waals surface area contributed by atoms with E-state index in [4.69, 9.17) is 18.0 Å². The summed E-state index contributed by atoms with van der Waals surface area (Å²) in [6.45, 7) is 2.16. The van der Waals surface area contributed by atoms with Gasteiger partial charge in [0.2, 0.25) is 0 Å². The minimum atomic E-state index is 0.565. The number of hydrogen-bond donors (Lipinski definition) is 2. The van der Waals surface area contributed by atoms with Crippen LogP contribution in [0.5, 0.6) is 0 Å². The van der Waals surface area contributed by atoms with E-state index in [2.05, 4.69) is 17.3 Å². The quantitative estimate of drug-likeness (QED) is 0.766. The summed E-state index contributed by atoms with van der Waals surface area (Å²) in [6.07, 6.45) is 12.3. The fourth-order valence-electron chi connectivity index (χ4n) is 4.21. The van der Waals surface area contributed by atoms with E-state index in [0.29, 0.717) is 17.1 Å². The highest BCUT2D eigenvalue weighted by molar-refractivity contribution is 7.80. The molecule has 1 saturated heterocycles. The first-order chi connectivity index (χ1) is 9.72. The molecule has 4 heteroatoms. The highest BCUT2D eigenvalue weighted by atomic mass is 32.1. The first kappa shape index (κ1) is 16.0. The number of likely N-dealkylation sites (tertiary alicyclic amines) is 1. The van der Waals surface area contributed by atoms with Crippen molar-refractivity contribution in [1.82, 2.24) is 10.2 Å². The van der Waals surface area contributed by atoms with Crippen molar-refractivity contribution in [2.45, 2.75) is 63.8 Å². The molecule has 0 aromatic heterocycles. The summed E-state index contributed by atoms with van der Waals surface area (Å²) in [5.74, 6) is 1.63. The van der Waals surface area contributed by atoms with Crippen molar-refractivity contribution in [2.75, 3.05) is 20.1 Å². The zero-order chi connectivity index (χ0) is 14.4. The molecule has 0 aromatic rings. The Kier molecular flexibility index (Phi) is 6.56. The molecule has 0 radical (unpaired) electrons. The zero-order valence-corrected chi connectivity index (χ0v) is 13.8. The predicted molar refractivity (Wildman–Crippen MR) is 89.7 cm³/mol. The van der Waals surface area contributed by atoms with Gasteiger partial charge in [-0.1, -0.05) is 32.1 Å². The summed E-state index contributed by atoms with van der Waals surface area (Å²) in [7, 11) is 2.07. The first-order valence-corrected chi connectivity index (χ1v) is 8.84. The maximum Gasteiger partial charge on any atom is 0.166 e. The van der Waals surface area contributed by atoms with Gasteiger partial charge in [-0.25, -0.2) is 0 Å². The topological polar surface area (TPSA) is 41.3 Å². The second-order valence-corrected chi connectivity index (χ2v) is 7.07. The third kappa shape index (κ3) is 4.32. The van der Waals surface area contributed by atoms with Crippen LogP contribution in [-0.4, -0.2) is 36.2 Å². The zero-order valence-electron chi connectivity index (χ0n) is 12.9. The Morgan fingerprint density at radius 2 is 1.90 bits per heavy atom. The molecule has 1 heterocycles. The monoisotopic (exact) mass is 297 g/mol. The third-order valence-electron chi connectivity index (χ3n) is 5.20. The van der Waals surface area contributed by atoms with Crippen molar-refractivity contribution in [3.8, 4) is 0 Å².